The summed E-state index contributed by atoms with van der Waals surface area (Å²) in [6, 6.07) is 9.87. The molecule has 0 aliphatic heterocycles. The van der Waals surface area contributed by atoms with E-state index in [1.807, 2.05) is 20.8 Å². The van der Waals surface area contributed by atoms with E-state index in [1.165, 1.54) is 18.3 Å². The number of amides is 2. The fourth-order valence-corrected chi connectivity index (χ4v) is 4.49. The highest BCUT2D eigenvalue weighted by atomic mass is 16.4. The van der Waals surface area contributed by atoms with Gasteiger partial charge in [-0.25, -0.2) is 19.6 Å². The van der Waals surface area contributed by atoms with Gasteiger partial charge in [-0.1, -0.05) is 26.8 Å². The van der Waals surface area contributed by atoms with Crippen LogP contribution < -0.4 is 27.4 Å². The largest absolute Gasteiger partial charge is 0.480 e. The first-order valence-electron chi connectivity index (χ1n) is 14.3. The number of carboxylic acid groups (broad SMARTS) is 2. The third-order valence-electron chi connectivity index (χ3n) is 7.04. The Morgan fingerprint density at radius 2 is 1.63 bits per heavy atom. The molecule has 0 saturated heterocycles. The fraction of sp³-hybridized carbons (Fsp3) is 0.290. The van der Waals surface area contributed by atoms with Crippen LogP contribution in [0.25, 0.3) is 11.2 Å². The number of carbonyl (C=O) groups excluding carboxylic acids is 2. The Morgan fingerprint density at radius 3 is 2.28 bits per heavy atom. The SMILES string of the molecule is CC(C)(C)c1ccc(C(=O)NCCC[C@H](NC(=O)c2ccc(NCc3cnc4nc(N)nc(N)c4n3)cc2)C(=O)O)c(C(=O)O)c1. The first kappa shape index (κ1) is 33.0. The van der Waals surface area contributed by atoms with Crippen LogP contribution in [0.4, 0.5) is 17.5 Å². The Hall–Kier alpha value is -5.86. The molecule has 0 bridgehead atoms. The minimum atomic E-state index is -1.23. The number of nitrogen functional groups attached to an aromatic ring is 2. The topological polar surface area (TPSA) is 248 Å². The third-order valence-corrected chi connectivity index (χ3v) is 7.04. The number of aromatic nitrogens is 4. The summed E-state index contributed by atoms with van der Waals surface area (Å²) in [5, 5.41) is 27.6. The van der Waals surface area contributed by atoms with Gasteiger partial charge in [-0.2, -0.15) is 9.97 Å². The van der Waals surface area contributed by atoms with E-state index in [1.54, 1.807) is 30.3 Å². The van der Waals surface area contributed by atoms with E-state index in [0.717, 1.165) is 5.56 Å². The molecule has 0 spiro atoms. The number of carboxylic acids is 2. The monoisotopic (exact) mass is 629 g/mol. The quantitative estimate of drug-likeness (QED) is 0.111. The van der Waals surface area contributed by atoms with Gasteiger partial charge in [0.1, 0.15) is 6.04 Å². The van der Waals surface area contributed by atoms with Crippen LogP contribution in [0.5, 0.6) is 0 Å². The van der Waals surface area contributed by atoms with E-state index < -0.39 is 29.8 Å². The van der Waals surface area contributed by atoms with E-state index in [2.05, 4.69) is 35.9 Å². The summed E-state index contributed by atoms with van der Waals surface area (Å²) >= 11 is 0. The average Bonchev–Trinajstić information content (AvgIpc) is 3.00. The van der Waals surface area contributed by atoms with Gasteiger partial charge < -0.3 is 37.6 Å². The first-order chi connectivity index (χ1) is 21.7. The van der Waals surface area contributed by atoms with Crippen molar-refractivity contribution in [2.24, 2.45) is 0 Å². The maximum atomic E-state index is 12.8. The molecule has 240 valence electrons. The number of nitrogens with one attached hydrogen (secondary N) is 3. The van der Waals surface area contributed by atoms with Crippen LogP contribution in [0.3, 0.4) is 0 Å². The zero-order valence-corrected chi connectivity index (χ0v) is 25.5. The highest BCUT2D eigenvalue weighted by Crippen LogP contribution is 2.25. The summed E-state index contributed by atoms with van der Waals surface area (Å²) in [6.07, 6.45) is 1.78. The van der Waals surface area contributed by atoms with Crippen LogP contribution in [0, 0.1) is 0 Å². The maximum absolute atomic E-state index is 12.8. The molecule has 46 heavy (non-hydrogen) atoms. The van der Waals surface area contributed by atoms with Gasteiger partial charge in [0.25, 0.3) is 11.8 Å². The molecule has 4 rings (SSSR count). The number of carbonyl (C=O) groups is 4. The summed E-state index contributed by atoms with van der Waals surface area (Å²) in [7, 11) is 0. The third kappa shape index (κ3) is 8.19. The van der Waals surface area contributed by atoms with Gasteiger partial charge in [0.05, 0.1) is 29.6 Å². The van der Waals surface area contributed by atoms with Gasteiger partial charge in [-0.15, -0.1) is 0 Å². The number of hydrogen-bond donors (Lipinski definition) is 7. The zero-order valence-electron chi connectivity index (χ0n) is 25.5. The highest BCUT2D eigenvalue weighted by molar-refractivity contribution is 6.05. The standard InChI is InChI=1S/C31H35N9O6/c1-31(2,3)17-8-11-20(21(13-17)28(43)44)27(42)34-12-4-5-22(29(45)46)38-26(41)16-6-9-18(10-7-16)35-14-19-15-36-25-23(37-19)24(32)39-30(33)40-25/h6-11,13,15,22,35H,4-5,12,14H2,1-3H3,(H,34,42)(H,38,41)(H,43,44)(H,45,46)(H4,32,33,36,39,40)/t22-/m0/s1. The van der Waals surface area contributed by atoms with Crippen LogP contribution in [-0.4, -0.2) is 66.5 Å². The summed E-state index contributed by atoms with van der Waals surface area (Å²) in [6.45, 7) is 6.18. The van der Waals surface area contributed by atoms with Crippen molar-refractivity contribution in [3.8, 4) is 0 Å². The first-order valence-corrected chi connectivity index (χ1v) is 14.3. The number of aliphatic carboxylic acids is 1. The molecule has 0 saturated carbocycles. The van der Waals surface area contributed by atoms with Gasteiger partial charge in [-0.05, 0) is 60.2 Å². The smallest absolute Gasteiger partial charge is 0.336 e. The lowest BCUT2D eigenvalue weighted by Crippen LogP contribution is -2.41. The van der Waals surface area contributed by atoms with E-state index in [0.29, 0.717) is 16.9 Å². The molecule has 0 fully saturated rings. The van der Waals surface area contributed by atoms with Crippen molar-refractivity contribution < 1.29 is 29.4 Å². The molecule has 9 N–H and O–H groups in total. The maximum Gasteiger partial charge on any atom is 0.336 e. The van der Waals surface area contributed by atoms with Gasteiger partial charge in [0.2, 0.25) is 5.95 Å². The molecule has 2 aromatic carbocycles. The van der Waals surface area contributed by atoms with Crippen molar-refractivity contribution in [3.05, 3.63) is 76.6 Å². The number of anilines is 3. The predicted octanol–water partition coefficient (Wildman–Crippen LogP) is 2.59. The Kier molecular flexibility index (Phi) is 9.94. The Labute approximate surface area is 263 Å². The number of hydrogen-bond acceptors (Lipinski definition) is 11. The lowest BCUT2D eigenvalue weighted by molar-refractivity contribution is -0.139. The van der Waals surface area contributed by atoms with Gasteiger partial charge in [0, 0.05) is 17.8 Å². The van der Waals surface area contributed by atoms with Crippen LogP contribution in [0.1, 0.15) is 75.9 Å². The van der Waals surface area contributed by atoms with Crippen molar-refractivity contribution in [1.82, 2.24) is 30.6 Å². The highest BCUT2D eigenvalue weighted by Gasteiger charge is 2.23. The van der Waals surface area contributed by atoms with Crippen molar-refractivity contribution in [2.45, 2.75) is 51.6 Å². The predicted molar refractivity (Wildman–Crippen MR) is 170 cm³/mol. The Balaban J connectivity index is 1.28. The second kappa shape index (κ2) is 13.8. The molecule has 2 heterocycles. The fourth-order valence-electron chi connectivity index (χ4n) is 4.49. The second-order valence-electron chi connectivity index (χ2n) is 11.5. The molecule has 1 atom stereocenters. The lowest BCUT2D eigenvalue weighted by atomic mass is 9.85. The van der Waals surface area contributed by atoms with Crippen molar-refractivity contribution >= 4 is 52.4 Å². The molecule has 15 nitrogen and oxygen atoms in total. The Morgan fingerprint density at radius 1 is 0.913 bits per heavy atom. The van der Waals surface area contributed by atoms with E-state index >= 15 is 0 Å². The van der Waals surface area contributed by atoms with Crippen molar-refractivity contribution in [1.29, 1.82) is 0 Å². The molecule has 2 amide bonds. The second-order valence-corrected chi connectivity index (χ2v) is 11.5. The number of nitrogens with two attached hydrogens (primary N) is 2. The lowest BCUT2D eigenvalue weighted by Gasteiger charge is -2.20. The van der Waals surface area contributed by atoms with E-state index in [4.69, 9.17) is 11.5 Å². The summed E-state index contributed by atoms with van der Waals surface area (Å²) in [5.41, 5.74) is 13.9. The van der Waals surface area contributed by atoms with Crippen molar-refractivity contribution in [3.63, 3.8) is 0 Å². The molecule has 15 heteroatoms. The van der Waals surface area contributed by atoms with Gasteiger partial charge in [-0.3, -0.25) is 9.59 Å². The van der Waals surface area contributed by atoms with Gasteiger partial charge in [0.15, 0.2) is 17.0 Å². The molecule has 0 aliphatic rings. The van der Waals surface area contributed by atoms with Gasteiger partial charge >= 0.3 is 11.9 Å². The van der Waals surface area contributed by atoms with Crippen LogP contribution in [-0.2, 0) is 16.8 Å². The summed E-state index contributed by atoms with van der Waals surface area (Å²) < 4.78 is 0. The van der Waals surface area contributed by atoms with Crippen molar-refractivity contribution in [2.75, 3.05) is 23.3 Å². The number of benzene rings is 2. The minimum Gasteiger partial charge on any atom is -0.480 e. The summed E-state index contributed by atoms with van der Waals surface area (Å²) in [4.78, 5) is 65.6. The summed E-state index contributed by atoms with van der Waals surface area (Å²) in [5.74, 6) is -3.49. The minimum absolute atomic E-state index is 0.00340. The van der Waals surface area contributed by atoms with E-state index in [9.17, 15) is 29.4 Å². The van der Waals surface area contributed by atoms with Crippen LogP contribution in [0.15, 0.2) is 48.7 Å². The molecule has 0 radical (unpaired) electrons. The number of fused-ring (bicyclic) bond motifs is 1. The number of rotatable bonds is 12. The molecular formula is C31H35N9O6. The van der Waals surface area contributed by atoms with Crippen LogP contribution in [0.2, 0.25) is 0 Å². The normalized spacial score (nSPS) is 11.9. The molecule has 0 unspecified atom stereocenters. The average molecular weight is 630 g/mol. The van der Waals surface area contributed by atoms with Crippen LogP contribution >= 0.6 is 0 Å². The molecular weight excluding hydrogens is 594 g/mol. The Bertz CT molecular complexity index is 1790. The number of aromatic carboxylic acids is 1. The molecule has 2 aromatic heterocycles. The van der Waals surface area contributed by atoms with E-state index in [-0.39, 0.29) is 65.4 Å². The molecule has 0 aliphatic carbocycles. The molecule has 4 aromatic rings. The zero-order chi connectivity index (χ0) is 33.6. The number of nitrogens with zero attached hydrogens (tertiary/aromatic N) is 4.